The summed E-state index contributed by atoms with van der Waals surface area (Å²) >= 11 is 0. The number of hydrogen-bond donors (Lipinski definition) is 2. The molecule has 10 heteroatoms. The fourth-order valence-electron chi connectivity index (χ4n) is 4.76. The van der Waals surface area contributed by atoms with Gasteiger partial charge in [0, 0.05) is 12.3 Å². The van der Waals surface area contributed by atoms with Gasteiger partial charge in [-0.3, -0.25) is 14.3 Å². The van der Waals surface area contributed by atoms with Crippen molar-refractivity contribution in [3.05, 3.63) is 129 Å². The molecule has 0 amide bonds. The molecule has 4 aromatic rings. The number of alkyl halides is 1. The van der Waals surface area contributed by atoms with Gasteiger partial charge in [-0.2, -0.15) is 0 Å². The maximum absolute atomic E-state index is 15.4. The number of ether oxygens (including phenoxy) is 4. The zero-order valence-electron chi connectivity index (χ0n) is 21.2. The molecule has 0 radical (unpaired) electrons. The van der Waals surface area contributed by atoms with E-state index in [9.17, 15) is 14.7 Å². The second-order valence-corrected chi connectivity index (χ2v) is 8.97. The van der Waals surface area contributed by atoms with Gasteiger partial charge in [0.2, 0.25) is 0 Å². The van der Waals surface area contributed by atoms with E-state index in [4.69, 9.17) is 18.9 Å². The highest BCUT2D eigenvalue weighted by atomic mass is 19.1. The molecule has 39 heavy (non-hydrogen) atoms. The van der Waals surface area contributed by atoms with Crippen molar-refractivity contribution in [2.75, 3.05) is 14.2 Å². The molecule has 2 N–H and O–H groups in total. The van der Waals surface area contributed by atoms with Crippen LogP contribution in [0.3, 0.4) is 0 Å². The molecule has 0 saturated carbocycles. The highest BCUT2D eigenvalue weighted by Gasteiger charge is 2.51. The molecule has 2 heterocycles. The number of aromatic amines is 1. The van der Waals surface area contributed by atoms with Crippen LogP contribution in [0.5, 0.6) is 11.5 Å². The second-order valence-electron chi connectivity index (χ2n) is 8.97. The lowest BCUT2D eigenvalue weighted by Gasteiger charge is -2.38. The van der Waals surface area contributed by atoms with Crippen molar-refractivity contribution in [1.82, 2.24) is 9.55 Å². The predicted molar refractivity (Wildman–Crippen MR) is 140 cm³/mol. The summed E-state index contributed by atoms with van der Waals surface area (Å²) in [7, 11) is 3.12. The monoisotopic (exact) mass is 534 g/mol. The van der Waals surface area contributed by atoms with E-state index >= 15 is 4.39 Å². The summed E-state index contributed by atoms with van der Waals surface area (Å²) < 4.78 is 39.5. The van der Waals surface area contributed by atoms with E-state index in [0.29, 0.717) is 28.2 Å². The lowest BCUT2D eigenvalue weighted by Crippen LogP contribution is -2.41. The minimum atomic E-state index is -2.03. The first kappa shape index (κ1) is 26.4. The number of halogens is 1. The number of nitrogens with zero attached hydrogens (tertiary/aromatic N) is 1. The normalized spacial score (nSPS) is 21.0. The number of rotatable bonds is 8. The molecule has 202 valence electrons. The van der Waals surface area contributed by atoms with E-state index in [2.05, 4.69) is 4.98 Å². The Morgan fingerprint density at radius 1 is 0.846 bits per heavy atom. The van der Waals surface area contributed by atoms with Crippen molar-refractivity contribution in [3.8, 4) is 11.5 Å². The Morgan fingerprint density at radius 3 is 1.90 bits per heavy atom. The zero-order chi connectivity index (χ0) is 27.6. The van der Waals surface area contributed by atoms with E-state index in [1.807, 2.05) is 54.6 Å². The van der Waals surface area contributed by atoms with E-state index in [1.165, 1.54) is 0 Å². The van der Waals surface area contributed by atoms with Crippen LogP contribution in [0.4, 0.5) is 4.39 Å². The molecule has 4 atom stereocenters. The SMILES string of the molecule is COc1ccc(C(O[C@H]2O[C@@H](n3ccc(=O)[nH]c3=O)[C@H](F)C2O)(c2ccccc2)c2ccc(OC)cc2)cc1. The van der Waals surface area contributed by atoms with Crippen LogP contribution in [0, 0.1) is 0 Å². The summed E-state index contributed by atoms with van der Waals surface area (Å²) in [6.45, 7) is 0. The number of benzene rings is 3. The highest BCUT2D eigenvalue weighted by Crippen LogP contribution is 2.45. The first-order valence-electron chi connectivity index (χ1n) is 12.2. The summed E-state index contributed by atoms with van der Waals surface area (Å²) in [6.07, 6.45) is -5.71. The summed E-state index contributed by atoms with van der Waals surface area (Å²) in [5.74, 6) is 1.24. The molecule has 1 unspecified atom stereocenters. The highest BCUT2D eigenvalue weighted by molar-refractivity contribution is 5.49. The van der Waals surface area contributed by atoms with Gasteiger partial charge in [0.15, 0.2) is 18.7 Å². The number of aliphatic hydroxyl groups excluding tert-OH is 1. The molecule has 0 spiro atoms. The Kier molecular flexibility index (Phi) is 7.34. The molecule has 9 nitrogen and oxygen atoms in total. The summed E-state index contributed by atoms with van der Waals surface area (Å²) in [6, 6.07) is 24.6. The molecular weight excluding hydrogens is 507 g/mol. The maximum atomic E-state index is 15.4. The van der Waals surface area contributed by atoms with Crippen molar-refractivity contribution in [2.24, 2.45) is 0 Å². The van der Waals surface area contributed by atoms with Gasteiger partial charge in [-0.25, -0.2) is 9.18 Å². The average molecular weight is 535 g/mol. The van der Waals surface area contributed by atoms with E-state index in [-0.39, 0.29) is 0 Å². The van der Waals surface area contributed by atoms with E-state index < -0.39 is 41.6 Å². The first-order chi connectivity index (χ1) is 18.9. The molecule has 1 fully saturated rings. The van der Waals surface area contributed by atoms with Gasteiger partial charge in [0.05, 0.1) is 14.2 Å². The number of methoxy groups -OCH3 is 2. The standard InChI is InChI=1S/C29H27FN2O7/c1-36-21-12-8-19(9-13-21)29(18-6-4-3-5-7-18,20-10-14-22(37-2)15-11-20)39-27-25(34)24(30)26(38-27)32-17-16-23(33)31-28(32)35/h3-17,24-27,34H,1-2H3,(H,31,33,35)/t24-,25?,26-,27-/m1/s1. The first-order valence-corrected chi connectivity index (χ1v) is 12.2. The molecule has 0 bridgehead atoms. The van der Waals surface area contributed by atoms with Crippen molar-refractivity contribution in [2.45, 2.75) is 30.4 Å². The Balaban J connectivity index is 1.65. The third-order valence-corrected chi connectivity index (χ3v) is 6.74. The summed E-state index contributed by atoms with van der Waals surface area (Å²) in [4.78, 5) is 26.0. The number of hydrogen-bond acceptors (Lipinski definition) is 7. The second kappa shape index (κ2) is 10.9. The number of nitrogens with one attached hydrogen (secondary N) is 1. The smallest absolute Gasteiger partial charge is 0.330 e. The molecule has 5 rings (SSSR count). The fourth-order valence-corrected chi connectivity index (χ4v) is 4.76. The van der Waals surface area contributed by atoms with Crippen LogP contribution in [-0.4, -0.2) is 47.4 Å². The van der Waals surface area contributed by atoms with Crippen molar-refractivity contribution >= 4 is 0 Å². The Morgan fingerprint density at radius 2 is 1.38 bits per heavy atom. The molecule has 3 aromatic carbocycles. The lowest BCUT2D eigenvalue weighted by molar-refractivity contribution is -0.216. The van der Waals surface area contributed by atoms with E-state index in [1.54, 1.807) is 38.5 Å². The minimum absolute atomic E-state index is 0.619. The molecule has 1 aromatic heterocycles. The van der Waals surface area contributed by atoms with Crippen LogP contribution >= 0.6 is 0 Å². The fraction of sp³-hybridized carbons (Fsp3) is 0.241. The van der Waals surface area contributed by atoms with Gasteiger partial charge in [0.1, 0.15) is 23.2 Å². The third-order valence-electron chi connectivity index (χ3n) is 6.74. The minimum Gasteiger partial charge on any atom is -0.497 e. The van der Waals surface area contributed by atoms with Gasteiger partial charge in [-0.05, 0) is 41.0 Å². The molecule has 1 aliphatic rings. The van der Waals surface area contributed by atoms with Crippen molar-refractivity contribution in [1.29, 1.82) is 0 Å². The Labute approximate surface area is 223 Å². The lowest BCUT2D eigenvalue weighted by atomic mass is 9.80. The molecule has 1 saturated heterocycles. The van der Waals surface area contributed by atoms with Crippen LogP contribution < -0.4 is 20.7 Å². The number of H-pyrrole nitrogens is 1. The van der Waals surface area contributed by atoms with Gasteiger partial charge < -0.3 is 24.1 Å². The van der Waals surface area contributed by atoms with E-state index in [0.717, 1.165) is 16.8 Å². The van der Waals surface area contributed by atoms with Gasteiger partial charge in [-0.1, -0.05) is 54.6 Å². The van der Waals surface area contributed by atoms with Crippen LogP contribution in [0.15, 0.2) is 101 Å². The van der Waals surface area contributed by atoms with Crippen LogP contribution in [0.1, 0.15) is 22.9 Å². The maximum Gasteiger partial charge on any atom is 0.330 e. The average Bonchev–Trinajstić information content (AvgIpc) is 3.24. The summed E-state index contributed by atoms with van der Waals surface area (Å²) in [5, 5.41) is 11.0. The summed E-state index contributed by atoms with van der Waals surface area (Å²) in [5.41, 5.74) is -0.930. The van der Waals surface area contributed by atoms with Gasteiger partial charge >= 0.3 is 5.69 Å². The Hall–Kier alpha value is -4.25. The van der Waals surface area contributed by atoms with Gasteiger partial charge in [0.25, 0.3) is 5.56 Å². The van der Waals surface area contributed by atoms with Crippen LogP contribution in [0.2, 0.25) is 0 Å². The van der Waals surface area contributed by atoms with Crippen LogP contribution in [-0.2, 0) is 15.1 Å². The third kappa shape index (κ3) is 4.85. The predicted octanol–water partition coefficient (Wildman–Crippen LogP) is 3.12. The van der Waals surface area contributed by atoms with Gasteiger partial charge in [-0.15, -0.1) is 0 Å². The van der Waals surface area contributed by atoms with Crippen molar-refractivity contribution < 1.29 is 28.4 Å². The topological polar surface area (TPSA) is 112 Å². The zero-order valence-corrected chi connectivity index (χ0v) is 21.2. The molecule has 1 aliphatic heterocycles. The largest absolute Gasteiger partial charge is 0.497 e. The van der Waals surface area contributed by atoms with Crippen molar-refractivity contribution in [3.63, 3.8) is 0 Å². The number of aromatic nitrogens is 2. The quantitative estimate of drug-likeness (QED) is 0.334. The number of aliphatic hydroxyl groups is 1. The molecule has 0 aliphatic carbocycles. The Bertz CT molecular complexity index is 1470. The van der Waals surface area contributed by atoms with Crippen LogP contribution in [0.25, 0.3) is 0 Å². The molecular formula is C29H27FN2O7.